The maximum absolute atomic E-state index is 12.5. The molecule has 4 aromatic rings. The summed E-state index contributed by atoms with van der Waals surface area (Å²) in [5.41, 5.74) is 4.46. The third-order valence-electron chi connectivity index (χ3n) is 5.78. The summed E-state index contributed by atoms with van der Waals surface area (Å²) < 4.78 is 0. The number of imidazole rings is 1. The van der Waals surface area contributed by atoms with E-state index in [-0.39, 0.29) is 17.7 Å². The van der Waals surface area contributed by atoms with E-state index in [2.05, 4.69) is 36.6 Å². The molecule has 0 aliphatic carbocycles. The molecule has 0 saturated carbocycles. The second-order valence-corrected chi connectivity index (χ2v) is 9.03. The Kier molecular flexibility index (Phi) is 7.98. The van der Waals surface area contributed by atoms with Gasteiger partial charge in [0, 0.05) is 43.1 Å². The second kappa shape index (κ2) is 11.5. The van der Waals surface area contributed by atoms with Gasteiger partial charge in [0.2, 0.25) is 5.91 Å². The van der Waals surface area contributed by atoms with Crippen molar-refractivity contribution in [3.8, 4) is 11.3 Å². The van der Waals surface area contributed by atoms with Gasteiger partial charge in [-0.15, -0.1) is 11.3 Å². The first-order chi connectivity index (χ1) is 16.6. The number of pyridine rings is 1. The van der Waals surface area contributed by atoms with Crippen LogP contribution in [-0.4, -0.2) is 45.3 Å². The number of H-pyrrole nitrogens is 1. The molecule has 0 radical (unpaired) electrons. The first-order valence-corrected chi connectivity index (χ1v) is 12.3. The molecule has 0 aliphatic rings. The van der Waals surface area contributed by atoms with Crippen LogP contribution in [0.4, 0.5) is 0 Å². The predicted octanol–water partition coefficient (Wildman–Crippen LogP) is 4.29. The summed E-state index contributed by atoms with van der Waals surface area (Å²) in [6, 6.07) is 10.1. The number of carbonyl (C=O) groups is 2. The topological polar surface area (TPSA) is 113 Å². The first kappa shape index (κ1) is 23.6. The van der Waals surface area contributed by atoms with E-state index < -0.39 is 0 Å². The van der Waals surface area contributed by atoms with Crippen LogP contribution in [0.25, 0.3) is 22.2 Å². The van der Waals surface area contributed by atoms with Gasteiger partial charge in [-0.3, -0.25) is 19.6 Å². The molecule has 3 heterocycles. The maximum atomic E-state index is 12.5. The molecular weight excluding hydrogens is 448 g/mol. The third kappa shape index (κ3) is 6.05. The molecule has 1 aromatic carbocycles. The zero-order valence-corrected chi connectivity index (χ0v) is 19.9. The van der Waals surface area contributed by atoms with Gasteiger partial charge in [0.1, 0.15) is 10.7 Å². The van der Waals surface area contributed by atoms with Crippen LogP contribution >= 0.6 is 11.3 Å². The molecule has 8 nitrogen and oxygen atoms in total. The molecule has 4 rings (SSSR count). The minimum absolute atomic E-state index is 0.0269. The average Bonchev–Trinajstić information content (AvgIpc) is 3.58. The lowest BCUT2D eigenvalue weighted by Crippen LogP contribution is -2.28. The Hall–Kier alpha value is -3.59. The highest BCUT2D eigenvalue weighted by Gasteiger charge is 2.18. The molecule has 176 valence electrons. The summed E-state index contributed by atoms with van der Waals surface area (Å²) >= 11 is 1.32. The minimum atomic E-state index is -0.127. The molecule has 0 saturated heterocycles. The fourth-order valence-electron chi connectivity index (χ4n) is 3.85. The van der Waals surface area contributed by atoms with Gasteiger partial charge < -0.3 is 15.6 Å². The molecule has 34 heavy (non-hydrogen) atoms. The van der Waals surface area contributed by atoms with E-state index in [1.807, 2.05) is 36.7 Å². The smallest absolute Gasteiger partial charge is 0.263 e. The Labute approximate surface area is 202 Å². The van der Waals surface area contributed by atoms with Crippen molar-refractivity contribution in [2.45, 2.75) is 38.0 Å². The van der Waals surface area contributed by atoms with Crippen LogP contribution in [0.2, 0.25) is 0 Å². The van der Waals surface area contributed by atoms with Gasteiger partial charge in [-0.05, 0) is 25.0 Å². The van der Waals surface area contributed by atoms with Crippen LogP contribution in [-0.2, 0) is 4.79 Å². The molecule has 1 atom stereocenters. The number of rotatable bonds is 11. The Morgan fingerprint density at radius 3 is 2.79 bits per heavy atom. The fourth-order valence-corrected chi connectivity index (χ4v) is 4.39. The number of amides is 2. The number of aromatic nitrogens is 4. The molecule has 0 aliphatic heterocycles. The van der Waals surface area contributed by atoms with Crippen molar-refractivity contribution in [1.29, 1.82) is 0 Å². The first-order valence-electron chi connectivity index (χ1n) is 11.4. The summed E-state index contributed by atoms with van der Waals surface area (Å²) in [4.78, 5) is 41.1. The maximum Gasteiger partial charge on any atom is 0.263 e. The highest BCUT2D eigenvalue weighted by atomic mass is 32.1. The number of nitrogens with one attached hydrogen (secondary N) is 3. The largest absolute Gasteiger partial charge is 0.359 e. The third-order valence-corrected chi connectivity index (χ3v) is 6.56. The van der Waals surface area contributed by atoms with Crippen molar-refractivity contribution >= 4 is 34.1 Å². The van der Waals surface area contributed by atoms with Crippen LogP contribution in [0.3, 0.4) is 0 Å². The molecule has 9 heteroatoms. The molecule has 3 N–H and O–H groups in total. The van der Waals surface area contributed by atoms with E-state index in [0.717, 1.165) is 53.7 Å². The number of aromatic amines is 1. The highest BCUT2D eigenvalue weighted by molar-refractivity contribution is 7.11. The lowest BCUT2D eigenvalue weighted by atomic mass is 9.99. The number of nitrogens with zero attached hydrogens (tertiary/aromatic N) is 3. The van der Waals surface area contributed by atoms with Gasteiger partial charge in [0.05, 0.1) is 29.1 Å². The zero-order valence-electron chi connectivity index (χ0n) is 19.1. The summed E-state index contributed by atoms with van der Waals surface area (Å²) in [6.07, 6.45) is 9.34. The number of benzene rings is 1. The van der Waals surface area contributed by atoms with Crippen LogP contribution in [0.5, 0.6) is 0 Å². The standard InChI is InChI=1S/C25H28N6O2S/c1-26-23(32)10-4-2-3-8-18(12-30-25(33)22-15-27-16-34-22)24-29-14-21(31-24)19-11-17-7-5-6-9-20(17)28-13-19/h5-7,9,11,13-16,18H,2-4,8,10,12H2,1H3,(H,26,32)(H,29,31)(H,30,33). The van der Waals surface area contributed by atoms with E-state index in [1.165, 1.54) is 11.3 Å². The zero-order chi connectivity index (χ0) is 23.8. The molecule has 0 spiro atoms. The molecule has 0 fully saturated rings. The monoisotopic (exact) mass is 476 g/mol. The Bertz CT molecular complexity index is 1240. The quantitative estimate of drug-likeness (QED) is 0.280. The van der Waals surface area contributed by atoms with Crippen molar-refractivity contribution in [2.24, 2.45) is 0 Å². The van der Waals surface area contributed by atoms with Crippen LogP contribution in [0.1, 0.15) is 53.5 Å². The number of fused-ring (bicyclic) bond motifs is 1. The number of hydrogen-bond donors (Lipinski definition) is 3. The summed E-state index contributed by atoms with van der Waals surface area (Å²) in [6.45, 7) is 0.467. The lowest BCUT2D eigenvalue weighted by molar-refractivity contribution is -0.120. The number of unbranched alkanes of at least 4 members (excludes halogenated alkanes) is 2. The molecule has 1 unspecified atom stereocenters. The van der Waals surface area contributed by atoms with E-state index in [4.69, 9.17) is 0 Å². The van der Waals surface area contributed by atoms with E-state index in [1.54, 1.807) is 18.8 Å². The lowest BCUT2D eigenvalue weighted by Gasteiger charge is -2.15. The van der Waals surface area contributed by atoms with E-state index >= 15 is 0 Å². The van der Waals surface area contributed by atoms with E-state index in [9.17, 15) is 9.59 Å². The van der Waals surface area contributed by atoms with Crippen molar-refractivity contribution in [1.82, 2.24) is 30.6 Å². The number of thiazole rings is 1. The molecule has 3 aromatic heterocycles. The van der Waals surface area contributed by atoms with E-state index in [0.29, 0.717) is 17.8 Å². The Balaban J connectivity index is 1.45. The van der Waals surface area contributed by atoms with Crippen molar-refractivity contribution in [3.63, 3.8) is 0 Å². The van der Waals surface area contributed by atoms with Gasteiger partial charge >= 0.3 is 0 Å². The molecule has 0 bridgehead atoms. The number of para-hydroxylation sites is 1. The highest BCUT2D eigenvalue weighted by Crippen LogP contribution is 2.25. The van der Waals surface area contributed by atoms with Gasteiger partial charge in [-0.25, -0.2) is 4.98 Å². The Morgan fingerprint density at radius 2 is 1.97 bits per heavy atom. The Morgan fingerprint density at radius 1 is 1.09 bits per heavy atom. The van der Waals surface area contributed by atoms with Crippen LogP contribution < -0.4 is 10.6 Å². The fraction of sp³-hybridized carbons (Fsp3) is 0.320. The normalized spacial score (nSPS) is 11.9. The SMILES string of the molecule is CNC(=O)CCCCCC(CNC(=O)c1cncs1)c1ncc(-c2cnc3ccccc3c2)[nH]1. The molecular formula is C25H28N6O2S. The summed E-state index contributed by atoms with van der Waals surface area (Å²) in [5.74, 6) is 0.795. The van der Waals surface area contributed by atoms with Crippen molar-refractivity contribution in [3.05, 3.63) is 65.1 Å². The summed E-state index contributed by atoms with van der Waals surface area (Å²) in [5, 5.41) is 6.75. The van der Waals surface area contributed by atoms with Gasteiger partial charge in [-0.1, -0.05) is 31.0 Å². The minimum Gasteiger partial charge on any atom is -0.359 e. The predicted molar refractivity (Wildman–Crippen MR) is 134 cm³/mol. The second-order valence-electron chi connectivity index (χ2n) is 8.14. The molecule has 2 amide bonds. The number of hydrogen-bond acceptors (Lipinski definition) is 6. The van der Waals surface area contributed by atoms with Gasteiger partial charge in [0.15, 0.2) is 0 Å². The van der Waals surface area contributed by atoms with Crippen LogP contribution in [0.15, 0.2) is 54.4 Å². The van der Waals surface area contributed by atoms with Crippen molar-refractivity contribution < 1.29 is 9.59 Å². The van der Waals surface area contributed by atoms with Gasteiger partial charge in [0.25, 0.3) is 5.91 Å². The van der Waals surface area contributed by atoms with Crippen LogP contribution in [0, 0.1) is 0 Å². The average molecular weight is 477 g/mol. The van der Waals surface area contributed by atoms with Gasteiger partial charge in [-0.2, -0.15) is 0 Å². The number of carbonyl (C=O) groups excluding carboxylic acids is 2. The summed E-state index contributed by atoms with van der Waals surface area (Å²) in [7, 11) is 1.66. The van der Waals surface area contributed by atoms with Crippen molar-refractivity contribution in [2.75, 3.05) is 13.6 Å².